The molecular weight excluding hydrogens is 282 g/mol. The molecule has 2 aromatic rings. The number of hydrogen-bond donors (Lipinski definition) is 1. The van der Waals surface area contributed by atoms with Gasteiger partial charge in [-0.2, -0.15) is 0 Å². The van der Waals surface area contributed by atoms with Crippen LogP contribution in [0.5, 0.6) is 5.75 Å². The summed E-state index contributed by atoms with van der Waals surface area (Å²) >= 11 is 0. The average Bonchev–Trinajstić information content (AvgIpc) is 2.62. The van der Waals surface area contributed by atoms with E-state index in [0.29, 0.717) is 12.0 Å². The molecule has 2 unspecified atom stereocenters. The highest BCUT2D eigenvalue weighted by Gasteiger charge is 2.32. The molecule has 1 aliphatic carbocycles. The minimum absolute atomic E-state index is 0.688. The average molecular weight is 307 g/mol. The van der Waals surface area contributed by atoms with Crippen molar-refractivity contribution in [3.05, 3.63) is 64.7 Å². The Kier molecular flexibility index (Phi) is 4.09. The Bertz CT molecular complexity index is 677. The van der Waals surface area contributed by atoms with Crippen molar-refractivity contribution in [3.8, 4) is 5.75 Å². The Morgan fingerprint density at radius 1 is 1.09 bits per heavy atom. The van der Waals surface area contributed by atoms with E-state index in [1.54, 1.807) is 18.2 Å². The lowest BCUT2D eigenvalue weighted by atomic mass is 9.73. The molecule has 2 atom stereocenters. The molecule has 0 bridgehead atoms. The summed E-state index contributed by atoms with van der Waals surface area (Å²) in [4.78, 5) is 0. The van der Waals surface area contributed by atoms with Crippen molar-refractivity contribution in [1.82, 2.24) is 5.32 Å². The van der Waals surface area contributed by atoms with Crippen LogP contribution < -0.4 is 10.1 Å². The van der Waals surface area contributed by atoms with Gasteiger partial charge in [-0.25, -0.2) is 0 Å². The summed E-state index contributed by atoms with van der Waals surface area (Å²) in [5, 5.41) is 3.75. The fourth-order valence-corrected chi connectivity index (χ4v) is 4.39. The molecule has 0 saturated carbocycles. The standard InChI is InChI=1S/C21H25NO/c1-23-18-10-7-15(8-11-18)14-17-5-2-4-16-9-12-20-19(21(16)17)6-3-13-22-20/h2,4-5,7-8,10-11,19-20,22H,3,6,9,12-14H2,1H3. The van der Waals surface area contributed by atoms with Crippen LogP contribution >= 0.6 is 0 Å². The van der Waals surface area contributed by atoms with Gasteiger partial charge < -0.3 is 10.1 Å². The van der Waals surface area contributed by atoms with Crippen molar-refractivity contribution in [2.45, 2.75) is 44.1 Å². The first-order valence-corrected chi connectivity index (χ1v) is 8.82. The van der Waals surface area contributed by atoms with Crippen LogP contribution in [0.1, 0.15) is 47.4 Å². The molecule has 23 heavy (non-hydrogen) atoms. The molecule has 0 radical (unpaired) electrons. The number of piperidine rings is 1. The smallest absolute Gasteiger partial charge is 0.118 e. The molecule has 2 nitrogen and oxygen atoms in total. The van der Waals surface area contributed by atoms with Gasteiger partial charge in [0, 0.05) is 6.04 Å². The van der Waals surface area contributed by atoms with Crippen LogP contribution in [-0.4, -0.2) is 19.7 Å². The molecule has 1 N–H and O–H groups in total. The van der Waals surface area contributed by atoms with Crippen molar-refractivity contribution in [3.63, 3.8) is 0 Å². The molecule has 2 aromatic carbocycles. The molecule has 0 spiro atoms. The number of rotatable bonds is 3. The summed E-state index contributed by atoms with van der Waals surface area (Å²) in [6.07, 6.45) is 6.18. The highest BCUT2D eigenvalue weighted by atomic mass is 16.5. The number of benzene rings is 2. The van der Waals surface area contributed by atoms with Crippen LogP contribution in [0, 0.1) is 0 Å². The first-order chi connectivity index (χ1) is 11.3. The Balaban J connectivity index is 1.66. The summed E-state index contributed by atoms with van der Waals surface area (Å²) in [5.74, 6) is 1.64. The van der Waals surface area contributed by atoms with Crippen molar-refractivity contribution < 1.29 is 4.74 Å². The lowest BCUT2D eigenvalue weighted by Crippen LogP contribution is -2.43. The SMILES string of the molecule is COc1ccc(Cc2cccc3c2C2CCCNC2CC3)cc1. The largest absolute Gasteiger partial charge is 0.497 e. The van der Waals surface area contributed by atoms with Crippen molar-refractivity contribution >= 4 is 0 Å². The van der Waals surface area contributed by atoms with E-state index in [1.807, 2.05) is 0 Å². The maximum absolute atomic E-state index is 5.27. The van der Waals surface area contributed by atoms with E-state index in [9.17, 15) is 0 Å². The van der Waals surface area contributed by atoms with Crippen molar-refractivity contribution in [2.24, 2.45) is 0 Å². The van der Waals surface area contributed by atoms with Crippen LogP contribution in [0.4, 0.5) is 0 Å². The zero-order valence-corrected chi connectivity index (χ0v) is 13.8. The molecular formula is C21H25NO. The number of aryl methyl sites for hydroxylation is 1. The van der Waals surface area contributed by atoms with Crippen LogP contribution in [0.2, 0.25) is 0 Å². The second-order valence-electron chi connectivity index (χ2n) is 6.86. The monoisotopic (exact) mass is 307 g/mol. The third-order valence-electron chi connectivity index (χ3n) is 5.52. The van der Waals surface area contributed by atoms with Gasteiger partial charge in [0.05, 0.1) is 7.11 Å². The van der Waals surface area contributed by atoms with Gasteiger partial charge in [-0.15, -0.1) is 0 Å². The van der Waals surface area contributed by atoms with E-state index in [2.05, 4.69) is 47.8 Å². The summed E-state index contributed by atoms with van der Waals surface area (Å²) in [6.45, 7) is 1.19. The van der Waals surface area contributed by atoms with Gasteiger partial charge in [0.1, 0.15) is 5.75 Å². The summed E-state index contributed by atoms with van der Waals surface area (Å²) in [5.41, 5.74) is 6.11. The maximum Gasteiger partial charge on any atom is 0.118 e. The lowest BCUT2D eigenvalue weighted by molar-refractivity contribution is 0.318. The van der Waals surface area contributed by atoms with Gasteiger partial charge in [-0.3, -0.25) is 0 Å². The van der Waals surface area contributed by atoms with Gasteiger partial charge in [-0.05, 0) is 79.0 Å². The molecule has 4 rings (SSSR count). The third kappa shape index (κ3) is 2.88. The van der Waals surface area contributed by atoms with Gasteiger partial charge >= 0.3 is 0 Å². The zero-order chi connectivity index (χ0) is 15.6. The van der Waals surface area contributed by atoms with E-state index >= 15 is 0 Å². The Labute approximate surface area is 138 Å². The second kappa shape index (κ2) is 6.37. The molecule has 1 heterocycles. The minimum atomic E-state index is 0.688. The quantitative estimate of drug-likeness (QED) is 0.923. The van der Waals surface area contributed by atoms with Gasteiger partial charge in [-0.1, -0.05) is 30.3 Å². The molecule has 0 aromatic heterocycles. The van der Waals surface area contributed by atoms with Crippen LogP contribution in [0.15, 0.2) is 42.5 Å². The molecule has 0 amide bonds. The first-order valence-electron chi connectivity index (χ1n) is 8.82. The highest BCUT2D eigenvalue weighted by Crippen LogP contribution is 2.39. The van der Waals surface area contributed by atoms with E-state index in [4.69, 9.17) is 4.74 Å². The van der Waals surface area contributed by atoms with Crippen molar-refractivity contribution in [1.29, 1.82) is 0 Å². The van der Waals surface area contributed by atoms with Gasteiger partial charge in [0.2, 0.25) is 0 Å². The minimum Gasteiger partial charge on any atom is -0.497 e. The van der Waals surface area contributed by atoms with Crippen LogP contribution in [0.3, 0.4) is 0 Å². The number of methoxy groups -OCH3 is 1. The predicted molar refractivity (Wildman–Crippen MR) is 94.3 cm³/mol. The Hall–Kier alpha value is -1.80. The zero-order valence-electron chi connectivity index (χ0n) is 13.8. The summed E-state index contributed by atoms with van der Waals surface area (Å²) < 4.78 is 5.27. The topological polar surface area (TPSA) is 21.3 Å². The fraction of sp³-hybridized carbons (Fsp3) is 0.429. The number of fused-ring (bicyclic) bond motifs is 3. The second-order valence-corrected chi connectivity index (χ2v) is 6.86. The fourth-order valence-electron chi connectivity index (χ4n) is 4.39. The van der Waals surface area contributed by atoms with Gasteiger partial charge in [0.15, 0.2) is 0 Å². The predicted octanol–water partition coefficient (Wildman–Crippen LogP) is 4.07. The number of hydrogen-bond acceptors (Lipinski definition) is 2. The number of ether oxygens (including phenoxy) is 1. The Morgan fingerprint density at radius 2 is 1.96 bits per heavy atom. The van der Waals surface area contributed by atoms with Crippen LogP contribution in [-0.2, 0) is 12.8 Å². The number of nitrogens with one attached hydrogen (secondary N) is 1. The normalized spacial score (nSPS) is 23.0. The van der Waals surface area contributed by atoms with E-state index in [1.165, 1.54) is 43.4 Å². The Morgan fingerprint density at radius 3 is 2.78 bits per heavy atom. The van der Waals surface area contributed by atoms with E-state index < -0.39 is 0 Å². The molecule has 1 fully saturated rings. The van der Waals surface area contributed by atoms with E-state index in [0.717, 1.165) is 12.2 Å². The van der Waals surface area contributed by atoms with Crippen LogP contribution in [0.25, 0.3) is 0 Å². The summed E-state index contributed by atoms with van der Waals surface area (Å²) in [6, 6.07) is 16.1. The summed E-state index contributed by atoms with van der Waals surface area (Å²) in [7, 11) is 1.72. The third-order valence-corrected chi connectivity index (χ3v) is 5.52. The molecule has 120 valence electrons. The molecule has 2 heteroatoms. The maximum atomic E-state index is 5.27. The molecule has 1 aliphatic heterocycles. The van der Waals surface area contributed by atoms with Crippen molar-refractivity contribution in [2.75, 3.05) is 13.7 Å². The van der Waals surface area contributed by atoms with Gasteiger partial charge in [0.25, 0.3) is 0 Å². The van der Waals surface area contributed by atoms with E-state index in [-0.39, 0.29) is 0 Å². The lowest BCUT2D eigenvalue weighted by Gasteiger charge is -2.39. The highest BCUT2D eigenvalue weighted by molar-refractivity contribution is 5.44. The molecule has 1 saturated heterocycles. The molecule has 2 aliphatic rings. The first kappa shape index (κ1) is 14.8.